The fourth-order valence-electron chi connectivity index (χ4n) is 3.65. The average Bonchev–Trinajstić information content (AvgIpc) is 3.14. The smallest absolute Gasteiger partial charge is 0.328 e. The number of aryl methyl sites for hydroxylation is 1. The summed E-state index contributed by atoms with van der Waals surface area (Å²) in [6, 6.07) is 4.13. The van der Waals surface area contributed by atoms with Gasteiger partial charge in [0, 0.05) is 5.56 Å². The van der Waals surface area contributed by atoms with Crippen LogP contribution < -0.4 is 10.3 Å². The van der Waals surface area contributed by atoms with Crippen LogP contribution in [0, 0.1) is 0 Å². The summed E-state index contributed by atoms with van der Waals surface area (Å²) < 4.78 is 7.22. The van der Waals surface area contributed by atoms with Gasteiger partial charge in [-0.1, -0.05) is 27.2 Å². The fraction of sp³-hybridized carbons (Fsp3) is 0.435. The molecule has 9 heteroatoms. The number of carboxylic acid groups (broad SMARTS) is 1. The maximum absolute atomic E-state index is 12.9. The Bertz CT molecular complexity index is 1210. The van der Waals surface area contributed by atoms with E-state index in [0.717, 1.165) is 6.42 Å². The number of rotatable bonds is 10. The van der Waals surface area contributed by atoms with E-state index in [9.17, 15) is 19.5 Å². The highest BCUT2D eigenvalue weighted by atomic mass is 16.5. The van der Waals surface area contributed by atoms with E-state index in [4.69, 9.17) is 4.74 Å². The van der Waals surface area contributed by atoms with Crippen molar-refractivity contribution in [2.45, 2.75) is 59.4 Å². The molecule has 1 atom stereocenters. The highest BCUT2D eigenvalue weighted by Gasteiger charge is 2.26. The highest BCUT2D eigenvalue weighted by Crippen LogP contribution is 2.30. The molecule has 0 amide bonds. The van der Waals surface area contributed by atoms with Crippen LogP contribution in [0.1, 0.15) is 69.1 Å². The fourth-order valence-corrected chi connectivity index (χ4v) is 3.65. The van der Waals surface area contributed by atoms with Crippen LogP contribution in [0.3, 0.4) is 0 Å². The average molecular weight is 441 g/mol. The van der Waals surface area contributed by atoms with Crippen LogP contribution in [0.5, 0.6) is 5.75 Å². The number of aromatic nitrogens is 4. The number of ketones is 1. The normalized spacial score (nSPS) is 12.1. The lowest BCUT2D eigenvalue weighted by Gasteiger charge is -2.14. The maximum atomic E-state index is 12.9. The van der Waals surface area contributed by atoms with Gasteiger partial charge in [0.05, 0.1) is 17.9 Å². The number of hydrogen-bond donors (Lipinski definition) is 2. The van der Waals surface area contributed by atoms with Crippen LogP contribution in [-0.4, -0.2) is 43.2 Å². The summed E-state index contributed by atoms with van der Waals surface area (Å²) in [5.41, 5.74) is 1.49. The van der Waals surface area contributed by atoms with Gasteiger partial charge in [-0.2, -0.15) is 5.10 Å². The Morgan fingerprint density at radius 1 is 1.19 bits per heavy atom. The van der Waals surface area contributed by atoms with E-state index in [1.54, 1.807) is 18.2 Å². The summed E-state index contributed by atoms with van der Waals surface area (Å²) in [7, 11) is 0. The third kappa shape index (κ3) is 4.42. The van der Waals surface area contributed by atoms with Crippen molar-refractivity contribution < 1.29 is 19.4 Å². The van der Waals surface area contributed by atoms with E-state index in [1.807, 2.05) is 20.8 Å². The van der Waals surface area contributed by atoms with Crippen molar-refractivity contribution in [1.29, 1.82) is 0 Å². The standard InChI is InChI=1S/C23H28N4O5/c1-5-8-17(23(30)31)27-16(7-3)19-20(26-27)22(29)25-21(24-19)15-12-14(13(4)28)9-10-18(15)32-11-6-2/h9-10,12,17H,5-8,11H2,1-4H3,(H,30,31)(H,24,25,29). The molecule has 2 heterocycles. The second-order valence-corrected chi connectivity index (χ2v) is 7.61. The minimum absolute atomic E-state index is 0.0895. The lowest BCUT2D eigenvalue weighted by Crippen LogP contribution is -2.22. The predicted molar refractivity (Wildman–Crippen MR) is 120 cm³/mol. The summed E-state index contributed by atoms with van der Waals surface area (Å²) in [6.45, 7) is 7.67. The summed E-state index contributed by atoms with van der Waals surface area (Å²) in [4.78, 5) is 44.1. The molecule has 1 aromatic carbocycles. The van der Waals surface area contributed by atoms with Gasteiger partial charge in [0.25, 0.3) is 5.56 Å². The summed E-state index contributed by atoms with van der Waals surface area (Å²) in [5.74, 6) is -0.384. The minimum Gasteiger partial charge on any atom is -0.493 e. The Morgan fingerprint density at radius 2 is 1.94 bits per heavy atom. The molecule has 0 aliphatic carbocycles. The number of fused-ring (bicyclic) bond motifs is 1. The van der Waals surface area contributed by atoms with E-state index in [-0.39, 0.29) is 17.1 Å². The summed E-state index contributed by atoms with van der Waals surface area (Å²) in [5, 5.41) is 14.0. The van der Waals surface area contributed by atoms with E-state index in [0.29, 0.717) is 54.0 Å². The molecule has 0 saturated heterocycles. The number of H-pyrrole nitrogens is 1. The van der Waals surface area contributed by atoms with Gasteiger partial charge in [-0.3, -0.25) is 14.3 Å². The van der Waals surface area contributed by atoms with Gasteiger partial charge in [0.2, 0.25) is 0 Å². The lowest BCUT2D eigenvalue weighted by atomic mass is 10.1. The maximum Gasteiger partial charge on any atom is 0.328 e. The predicted octanol–water partition coefficient (Wildman–Crippen LogP) is 3.77. The molecule has 0 fully saturated rings. The molecule has 0 spiro atoms. The van der Waals surface area contributed by atoms with Crippen LogP contribution >= 0.6 is 0 Å². The van der Waals surface area contributed by atoms with E-state index in [1.165, 1.54) is 11.6 Å². The Morgan fingerprint density at radius 3 is 2.53 bits per heavy atom. The van der Waals surface area contributed by atoms with Crippen LogP contribution in [-0.2, 0) is 11.2 Å². The molecule has 0 aliphatic rings. The zero-order valence-corrected chi connectivity index (χ0v) is 18.8. The zero-order valence-electron chi connectivity index (χ0n) is 18.8. The molecule has 32 heavy (non-hydrogen) atoms. The molecular formula is C23H28N4O5. The molecule has 3 rings (SSSR count). The van der Waals surface area contributed by atoms with E-state index >= 15 is 0 Å². The number of aromatic amines is 1. The van der Waals surface area contributed by atoms with Crippen LogP contribution in [0.25, 0.3) is 22.4 Å². The molecule has 0 saturated carbocycles. The number of nitrogens with one attached hydrogen (secondary N) is 1. The van der Waals surface area contributed by atoms with Crippen molar-refractivity contribution >= 4 is 22.8 Å². The first-order chi connectivity index (χ1) is 15.3. The molecule has 0 aliphatic heterocycles. The van der Waals surface area contributed by atoms with Gasteiger partial charge in [0.15, 0.2) is 11.3 Å². The Kier molecular flexibility index (Phi) is 7.07. The second-order valence-electron chi connectivity index (χ2n) is 7.61. The van der Waals surface area contributed by atoms with Crippen molar-refractivity contribution in [3.8, 4) is 17.1 Å². The summed E-state index contributed by atoms with van der Waals surface area (Å²) >= 11 is 0. The first kappa shape index (κ1) is 23.2. The molecule has 2 N–H and O–H groups in total. The van der Waals surface area contributed by atoms with Crippen molar-refractivity contribution in [3.63, 3.8) is 0 Å². The highest BCUT2D eigenvalue weighted by molar-refractivity contribution is 5.95. The Balaban J connectivity index is 2.26. The van der Waals surface area contributed by atoms with Crippen LogP contribution in [0.2, 0.25) is 0 Å². The van der Waals surface area contributed by atoms with Crippen molar-refractivity contribution in [1.82, 2.24) is 19.7 Å². The number of benzene rings is 1. The third-order valence-corrected chi connectivity index (χ3v) is 5.23. The lowest BCUT2D eigenvalue weighted by molar-refractivity contribution is -0.141. The van der Waals surface area contributed by atoms with Gasteiger partial charge in [-0.05, 0) is 44.4 Å². The summed E-state index contributed by atoms with van der Waals surface area (Å²) in [6.07, 6.45) is 2.28. The van der Waals surface area contributed by atoms with E-state index in [2.05, 4.69) is 15.1 Å². The number of carbonyl (C=O) groups excluding carboxylic acids is 1. The van der Waals surface area contributed by atoms with Crippen molar-refractivity contribution in [3.05, 3.63) is 39.8 Å². The number of ether oxygens (including phenoxy) is 1. The molecule has 2 aromatic heterocycles. The van der Waals surface area contributed by atoms with Crippen LogP contribution in [0.4, 0.5) is 0 Å². The number of carboxylic acids is 1. The second kappa shape index (κ2) is 9.76. The quantitative estimate of drug-likeness (QED) is 0.459. The van der Waals surface area contributed by atoms with Gasteiger partial charge >= 0.3 is 5.97 Å². The van der Waals surface area contributed by atoms with Gasteiger partial charge < -0.3 is 14.8 Å². The zero-order chi connectivity index (χ0) is 23.4. The monoisotopic (exact) mass is 440 g/mol. The molecule has 0 bridgehead atoms. The topological polar surface area (TPSA) is 127 Å². The van der Waals surface area contributed by atoms with Crippen molar-refractivity contribution in [2.75, 3.05) is 6.61 Å². The Labute approximate surface area is 185 Å². The molecule has 170 valence electrons. The number of aliphatic carboxylic acids is 1. The molecule has 1 unspecified atom stereocenters. The first-order valence-electron chi connectivity index (χ1n) is 10.8. The van der Waals surface area contributed by atoms with Crippen LogP contribution in [0.15, 0.2) is 23.0 Å². The van der Waals surface area contributed by atoms with Crippen molar-refractivity contribution in [2.24, 2.45) is 0 Å². The van der Waals surface area contributed by atoms with Gasteiger partial charge in [-0.15, -0.1) is 0 Å². The SMILES string of the molecule is CCCOc1ccc(C(C)=O)cc1-c1nc2c(CC)n(C(CCC)C(=O)O)nc2c(=O)[nH]1. The minimum atomic E-state index is -1.00. The van der Waals surface area contributed by atoms with Gasteiger partial charge in [0.1, 0.15) is 23.1 Å². The number of hydrogen-bond acceptors (Lipinski definition) is 6. The molecule has 3 aromatic rings. The molecule has 9 nitrogen and oxygen atoms in total. The van der Waals surface area contributed by atoms with E-state index < -0.39 is 17.6 Å². The van der Waals surface area contributed by atoms with Gasteiger partial charge in [-0.25, -0.2) is 9.78 Å². The number of Topliss-reactive ketones (excluding diaryl/α,β-unsaturated/α-hetero) is 1. The number of nitrogens with zero attached hydrogens (tertiary/aromatic N) is 3. The molecular weight excluding hydrogens is 412 g/mol. The first-order valence-corrected chi connectivity index (χ1v) is 10.8. The largest absolute Gasteiger partial charge is 0.493 e. The Hall–Kier alpha value is -3.49. The third-order valence-electron chi connectivity index (χ3n) is 5.23. The molecule has 0 radical (unpaired) electrons. The number of carbonyl (C=O) groups is 2.